The SMILES string of the molecule is Cc1cc(Cc2ccc(=O)[nH]n2)cc(Oc2cccc(CI)c2)c1C. The highest BCUT2D eigenvalue weighted by atomic mass is 127. The third kappa shape index (κ3) is 4.48. The summed E-state index contributed by atoms with van der Waals surface area (Å²) in [6.45, 7) is 4.14. The Hall–Kier alpha value is -2.15. The van der Waals surface area contributed by atoms with Crippen LogP contribution in [0.2, 0.25) is 0 Å². The molecule has 3 rings (SSSR count). The fourth-order valence-electron chi connectivity index (χ4n) is 2.61. The number of halogens is 1. The lowest BCUT2D eigenvalue weighted by molar-refractivity contribution is 0.477. The molecule has 0 radical (unpaired) electrons. The van der Waals surface area contributed by atoms with Crippen LogP contribution < -0.4 is 10.3 Å². The van der Waals surface area contributed by atoms with E-state index in [0.717, 1.165) is 32.7 Å². The van der Waals surface area contributed by atoms with E-state index >= 15 is 0 Å². The van der Waals surface area contributed by atoms with Crippen molar-refractivity contribution in [2.45, 2.75) is 24.7 Å². The van der Waals surface area contributed by atoms with Crippen LogP contribution >= 0.6 is 22.6 Å². The van der Waals surface area contributed by atoms with E-state index < -0.39 is 0 Å². The number of hydrogen-bond acceptors (Lipinski definition) is 3. The summed E-state index contributed by atoms with van der Waals surface area (Å²) in [5.74, 6) is 1.70. The summed E-state index contributed by atoms with van der Waals surface area (Å²) >= 11 is 2.35. The molecule has 0 saturated heterocycles. The average molecular weight is 446 g/mol. The molecule has 1 heterocycles. The molecule has 0 unspecified atom stereocenters. The van der Waals surface area contributed by atoms with E-state index in [0.29, 0.717) is 6.42 Å². The van der Waals surface area contributed by atoms with Crippen molar-refractivity contribution in [3.05, 3.63) is 86.8 Å². The van der Waals surface area contributed by atoms with Gasteiger partial charge in [-0.25, -0.2) is 5.10 Å². The number of aromatic amines is 1. The highest BCUT2D eigenvalue weighted by molar-refractivity contribution is 14.1. The molecule has 0 aliphatic heterocycles. The van der Waals surface area contributed by atoms with E-state index in [-0.39, 0.29) is 5.56 Å². The van der Waals surface area contributed by atoms with Gasteiger partial charge in [0.2, 0.25) is 0 Å². The third-order valence-corrected chi connectivity index (χ3v) is 4.96. The van der Waals surface area contributed by atoms with E-state index in [1.807, 2.05) is 18.2 Å². The minimum atomic E-state index is -0.192. The van der Waals surface area contributed by atoms with Gasteiger partial charge in [-0.1, -0.05) is 40.8 Å². The van der Waals surface area contributed by atoms with Gasteiger partial charge < -0.3 is 4.74 Å². The van der Waals surface area contributed by atoms with Gasteiger partial charge in [0.25, 0.3) is 5.56 Å². The van der Waals surface area contributed by atoms with Crippen molar-refractivity contribution in [1.82, 2.24) is 10.2 Å². The van der Waals surface area contributed by atoms with Crippen LogP contribution in [-0.2, 0) is 10.8 Å². The van der Waals surface area contributed by atoms with Gasteiger partial charge in [-0.2, -0.15) is 5.10 Å². The summed E-state index contributed by atoms with van der Waals surface area (Å²) in [6.07, 6.45) is 0.641. The van der Waals surface area contributed by atoms with Gasteiger partial charge in [-0.05, 0) is 60.4 Å². The first kappa shape index (κ1) is 17.7. The Bertz CT molecular complexity index is 930. The van der Waals surface area contributed by atoms with Crippen LogP contribution in [0.1, 0.15) is 27.9 Å². The van der Waals surface area contributed by atoms with Crippen molar-refractivity contribution in [2.24, 2.45) is 0 Å². The fourth-order valence-corrected chi connectivity index (χ4v) is 3.08. The summed E-state index contributed by atoms with van der Waals surface area (Å²) in [5.41, 5.74) is 5.26. The van der Waals surface area contributed by atoms with Crippen LogP contribution in [0.3, 0.4) is 0 Å². The first-order valence-corrected chi connectivity index (χ1v) is 9.55. The predicted molar refractivity (Wildman–Crippen MR) is 108 cm³/mol. The van der Waals surface area contributed by atoms with Gasteiger partial charge in [0.05, 0.1) is 5.69 Å². The first-order chi connectivity index (χ1) is 12.0. The molecule has 1 N–H and O–H groups in total. The third-order valence-electron chi connectivity index (χ3n) is 4.08. The van der Waals surface area contributed by atoms with Gasteiger partial charge in [0, 0.05) is 16.9 Å². The van der Waals surface area contributed by atoms with Crippen molar-refractivity contribution in [2.75, 3.05) is 0 Å². The zero-order valence-corrected chi connectivity index (χ0v) is 16.3. The molecule has 0 fully saturated rings. The van der Waals surface area contributed by atoms with E-state index in [9.17, 15) is 4.79 Å². The smallest absolute Gasteiger partial charge is 0.264 e. The molecular formula is C20H19IN2O2. The van der Waals surface area contributed by atoms with Crippen molar-refractivity contribution < 1.29 is 4.74 Å². The van der Waals surface area contributed by atoms with E-state index in [1.54, 1.807) is 6.07 Å². The molecule has 5 heteroatoms. The number of rotatable bonds is 5. The molecule has 128 valence electrons. The summed E-state index contributed by atoms with van der Waals surface area (Å²) in [4.78, 5) is 11.1. The highest BCUT2D eigenvalue weighted by Crippen LogP contribution is 2.30. The molecule has 0 aliphatic carbocycles. The Morgan fingerprint density at radius 2 is 1.92 bits per heavy atom. The quantitative estimate of drug-likeness (QED) is 0.457. The zero-order chi connectivity index (χ0) is 17.8. The van der Waals surface area contributed by atoms with Crippen molar-refractivity contribution >= 4 is 22.6 Å². The van der Waals surface area contributed by atoms with Crippen LogP contribution in [0.25, 0.3) is 0 Å². The number of aryl methyl sites for hydroxylation is 1. The lowest BCUT2D eigenvalue weighted by Crippen LogP contribution is -2.08. The molecule has 3 aromatic rings. The zero-order valence-electron chi connectivity index (χ0n) is 14.2. The topological polar surface area (TPSA) is 55.0 Å². The second kappa shape index (κ2) is 7.82. The van der Waals surface area contributed by atoms with Crippen LogP contribution in [0.4, 0.5) is 0 Å². The van der Waals surface area contributed by atoms with Gasteiger partial charge in [-0.3, -0.25) is 4.79 Å². The number of benzene rings is 2. The predicted octanol–water partition coefficient (Wildman–Crippen LogP) is 4.70. The Morgan fingerprint density at radius 3 is 2.64 bits per heavy atom. The Labute approximate surface area is 160 Å². The molecule has 0 bridgehead atoms. The maximum atomic E-state index is 11.1. The van der Waals surface area contributed by atoms with Gasteiger partial charge in [-0.15, -0.1) is 0 Å². The van der Waals surface area contributed by atoms with Gasteiger partial charge in [0.1, 0.15) is 11.5 Å². The summed E-state index contributed by atoms with van der Waals surface area (Å²) < 4.78 is 7.10. The number of aromatic nitrogens is 2. The van der Waals surface area contributed by atoms with Gasteiger partial charge >= 0.3 is 0 Å². The van der Waals surface area contributed by atoms with E-state index in [4.69, 9.17) is 4.74 Å². The maximum Gasteiger partial charge on any atom is 0.264 e. The summed E-state index contributed by atoms with van der Waals surface area (Å²) in [5, 5.41) is 6.56. The Morgan fingerprint density at radius 1 is 1.08 bits per heavy atom. The molecule has 25 heavy (non-hydrogen) atoms. The average Bonchev–Trinajstić information content (AvgIpc) is 2.61. The number of hydrogen-bond donors (Lipinski definition) is 1. The molecular weight excluding hydrogens is 427 g/mol. The second-order valence-electron chi connectivity index (χ2n) is 6.01. The van der Waals surface area contributed by atoms with E-state index in [1.165, 1.54) is 17.2 Å². The van der Waals surface area contributed by atoms with Gasteiger partial charge in [0.15, 0.2) is 0 Å². The maximum absolute atomic E-state index is 11.1. The molecule has 1 aromatic heterocycles. The summed E-state index contributed by atoms with van der Waals surface area (Å²) in [7, 11) is 0. The molecule has 0 spiro atoms. The van der Waals surface area contributed by atoms with Crippen molar-refractivity contribution in [3.8, 4) is 11.5 Å². The molecule has 0 aliphatic rings. The van der Waals surface area contributed by atoms with Crippen LogP contribution in [0, 0.1) is 13.8 Å². The number of alkyl halides is 1. The summed E-state index contributed by atoms with van der Waals surface area (Å²) in [6, 6.07) is 15.6. The van der Waals surface area contributed by atoms with Crippen LogP contribution in [0.15, 0.2) is 53.3 Å². The second-order valence-corrected chi connectivity index (χ2v) is 6.77. The molecule has 0 amide bonds. The normalized spacial score (nSPS) is 10.7. The Kier molecular flexibility index (Phi) is 5.53. The fraction of sp³-hybridized carbons (Fsp3) is 0.200. The lowest BCUT2D eigenvalue weighted by atomic mass is 10.0. The minimum absolute atomic E-state index is 0.192. The van der Waals surface area contributed by atoms with Crippen molar-refractivity contribution in [1.29, 1.82) is 0 Å². The Balaban J connectivity index is 1.89. The van der Waals surface area contributed by atoms with Crippen molar-refractivity contribution in [3.63, 3.8) is 0 Å². The number of ether oxygens (including phenoxy) is 1. The number of nitrogens with zero attached hydrogens (tertiary/aromatic N) is 1. The molecule has 0 saturated carbocycles. The van der Waals surface area contributed by atoms with Crippen LogP contribution in [0.5, 0.6) is 11.5 Å². The largest absolute Gasteiger partial charge is 0.457 e. The molecule has 4 nitrogen and oxygen atoms in total. The number of H-pyrrole nitrogens is 1. The standard InChI is InChI=1S/C20H19IN2O2/c1-13-8-16(9-17-6-7-20(24)23-22-17)11-19(14(13)2)25-18-5-3-4-15(10-18)12-21/h3-8,10-11H,9,12H2,1-2H3,(H,23,24). The number of nitrogens with one attached hydrogen (secondary N) is 1. The highest BCUT2D eigenvalue weighted by Gasteiger charge is 2.09. The monoisotopic (exact) mass is 446 g/mol. The van der Waals surface area contributed by atoms with E-state index in [2.05, 4.69) is 64.8 Å². The minimum Gasteiger partial charge on any atom is -0.457 e. The molecule has 2 aromatic carbocycles. The first-order valence-electron chi connectivity index (χ1n) is 8.02. The lowest BCUT2D eigenvalue weighted by Gasteiger charge is -2.14. The molecule has 0 atom stereocenters. The van der Waals surface area contributed by atoms with Crippen LogP contribution in [-0.4, -0.2) is 10.2 Å².